The van der Waals surface area contributed by atoms with Crippen LogP contribution in [-0.4, -0.2) is 19.9 Å². The zero-order valence-corrected chi connectivity index (χ0v) is 28.8. The van der Waals surface area contributed by atoms with Gasteiger partial charge in [-0.05, 0) is 99.2 Å². The van der Waals surface area contributed by atoms with Crippen LogP contribution in [0.15, 0.2) is 72.8 Å². The fourth-order valence-corrected chi connectivity index (χ4v) is 7.18. The third-order valence-electron chi connectivity index (χ3n) is 9.85. The summed E-state index contributed by atoms with van der Waals surface area (Å²) in [5, 5.41) is 0. The fourth-order valence-electron chi connectivity index (χ4n) is 7.18. The lowest BCUT2D eigenvalue weighted by atomic mass is 9.94. The molecule has 1 fully saturated rings. The first-order valence-corrected chi connectivity index (χ1v) is 17.2. The molecule has 9 rings (SSSR count). The summed E-state index contributed by atoms with van der Waals surface area (Å²) in [6, 6.07) is 22.2. The molecule has 6 aromatic rings. The predicted molar refractivity (Wildman–Crippen MR) is 204 cm³/mol. The third-order valence-corrected chi connectivity index (χ3v) is 9.85. The number of nitrogens with zero attached hydrogens (tertiary/aromatic N) is 2. The highest BCUT2D eigenvalue weighted by molar-refractivity contribution is 5.99. The number of H-pyrrole nitrogens is 2. The Labute approximate surface area is 307 Å². The van der Waals surface area contributed by atoms with E-state index in [0.717, 1.165) is 33.7 Å². The lowest BCUT2D eigenvalue weighted by Gasteiger charge is -2.11. The molecule has 1 saturated carbocycles. The monoisotopic (exact) mass is 719 g/mol. The molecule has 1 aliphatic carbocycles. The minimum Gasteiger partial charge on any atom is -0.354 e. The molecule has 8 bridgehead atoms. The van der Waals surface area contributed by atoms with Crippen LogP contribution in [-0.2, 0) is 0 Å². The molecule has 5 heterocycles. The van der Waals surface area contributed by atoms with E-state index in [-0.39, 0.29) is 16.6 Å². The second-order valence-electron chi connectivity index (χ2n) is 13.4. The molecular formula is C45H28F5N4. The van der Waals surface area contributed by atoms with Gasteiger partial charge in [0.2, 0.25) is 5.82 Å². The van der Waals surface area contributed by atoms with Crippen molar-refractivity contribution in [3.05, 3.63) is 173 Å². The van der Waals surface area contributed by atoms with Gasteiger partial charge >= 0.3 is 0 Å². The number of halogens is 5. The average Bonchev–Trinajstić information content (AvgIpc) is 4.03. The zero-order chi connectivity index (χ0) is 37.2. The standard InChI is InChI=1S/C45H28F5N4/c1-23-7-11-26(12-8-23)37-30-17-15-28(51-30)36(25-5-3-4-6-25)29-16-18-31(52-29)38(27-13-9-24(2)10-14-27)33-20-22-35(54-33)39(34-21-19-32(37)53-34)40-41(46)43(48)45(50)44(49)42(40)47/h3-22,53-54H,1-2H3. The Balaban J connectivity index is 1.49. The molecule has 2 aliphatic heterocycles. The van der Waals surface area contributed by atoms with Crippen molar-refractivity contribution < 1.29 is 22.0 Å². The highest BCUT2D eigenvalue weighted by Crippen LogP contribution is 2.41. The molecule has 4 nitrogen and oxygen atoms in total. The Morgan fingerprint density at radius 1 is 0.389 bits per heavy atom. The summed E-state index contributed by atoms with van der Waals surface area (Å²) >= 11 is 0. The molecule has 0 unspecified atom stereocenters. The SMILES string of the molecule is Cc1ccc(-c2c3nc(c([C]4[CH][CH][CH][CH]4)c4nc(c(-c5ccc(C)cc5)c5ccc([nH]5)c(-c5c(F)c(F)c(F)c(F)c5F)c5ccc2[nH]5)C=C4)C=C3)cc1. The van der Waals surface area contributed by atoms with Crippen molar-refractivity contribution in [3.8, 4) is 33.4 Å². The first-order chi connectivity index (χ1) is 26.2. The highest BCUT2D eigenvalue weighted by Gasteiger charge is 2.30. The summed E-state index contributed by atoms with van der Waals surface area (Å²) in [4.78, 5) is 16.8. The van der Waals surface area contributed by atoms with Gasteiger partial charge in [0, 0.05) is 50.2 Å². The van der Waals surface area contributed by atoms with Crippen LogP contribution in [0.1, 0.15) is 39.5 Å². The summed E-state index contributed by atoms with van der Waals surface area (Å²) in [6.07, 6.45) is 15.6. The molecular weight excluding hydrogens is 692 g/mol. The maximum Gasteiger partial charge on any atom is 0.200 e. The Morgan fingerprint density at radius 3 is 1.15 bits per heavy atom. The fraction of sp³-hybridized carbons (Fsp3) is 0.0444. The number of hydrogen-bond acceptors (Lipinski definition) is 2. The van der Waals surface area contributed by atoms with E-state index in [2.05, 4.69) is 9.97 Å². The number of fused-ring (bicyclic) bond motifs is 8. The van der Waals surface area contributed by atoms with Gasteiger partial charge in [0.15, 0.2) is 23.3 Å². The van der Waals surface area contributed by atoms with Crippen molar-refractivity contribution >= 4 is 46.4 Å². The zero-order valence-electron chi connectivity index (χ0n) is 28.8. The summed E-state index contributed by atoms with van der Waals surface area (Å²) in [5.74, 6) is -9.28. The topological polar surface area (TPSA) is 57.4 Å². The molecule has 9 heteroatoms. The predicted octanol–water partition coefficient (Wildman–Crippen LogP) is 11.7. The second-order valence-corrected chi connectivity index (χ2v) is 13.4. The van der Waals surface area contributed by atoms with Crippen LogP contribution in [0.2, 0.25) is 0 Å². The van der Waals surface area contributed by atoms with Gasteiger partial charge in [-0.1, -0.05) is 59.7 Å². The van der Waals surface area contributed by atoms with Crippen molar-refractivity contribution in [2.75, 3.05) is 0 Å². The largest absolute Gasteiger partial charge is 0.354 e. The molecule has 0 spiro atoms. The summed E-state index contributed by atoms with van der Waals surface area (Å²) < 4.78 is 75.8. The normalized spacial score (nSPS) is 14.1. The molecule has 3 aliphatic rings. The van der Waals surface area contributed by atoms with E-state index in [1.54, 1.807) is 24.3 Å². The molecule has 0 amide bonds. The molecule has 0 atom stereocenters. The van der Waals surface area contributed by atoms with Crippen molar-refractivity contribution in [3.63, 3.8) is 0 Å². The maximum absolute atomic E-state index is 15.8. The van der Waals surface area contributed by atoms with Crippen molar-refractivity contribution in [1.29, 1.82) is 0 Å². The van der Waals surface area contributed by atoms with Crippen molar-refractivity contribution in [1.82, 2.24) is 19.9 Å². The van der Waals surface area contributed by atoms with Crippen LogP contribution in [0.25, 0.3) is 79.8 Å². The van der Waals surface area contributed by atoms with Crippen LogP contribution in [0.5, 0.6) is 0 Å². The van der Waals surface area contributed by atoms with E-state index in [4.69, 9.17) is 9.97 Å². The number of aryl methyl sites for hydroxylation is 2. The van der Waals surface area contributed by atoms with Crippen molar-refractivity contribution in [2.45, 2.75) is 13.8 Å². The molecule has 263 valence electrons. The Hall–Kier alpha value is -6.09. The van der Waals surface area contributed by atoms with Crippen LogP contribution in [0, 0.1) is 74.5 Å². The van der Waals surface area contributed by atoms with Gasteiger partial charge in [-0.25, -0.2) is 31.9 Å². The third kappa shape index (κ3) is 5.57. The van der Waals surface area contributed by atoms with Crippen LogP contribution >= 0.6 is 0 Å². The van der Waals surface area contributed by atoms with Gasteiger partial charge in [-0.2, -0.15) is 0 Å². The number of rotatable bonds is 4. The van der Waals surface area contributed by atoms with Crippen LogP contribution in [0.4, 0.5) is 22.0 Å². The van der Waals surface area contributed by atoms with Crippen LogP contribution < -0.4 is 0 Å². The number of aromatic nitrogens is 4. The molecule has 5 radical (unpaired) electrons. The minimum atomic E-state index is -2.24. The van der Waals surface area contributed by atoms with Gasteiger partial charge in [0.1, 0.15) is 0 Å². The molecule has 3 aromatic carbocycles. The van der Waals surface area contributed by atoms with E-state index in [0.29, 0.717) is 44.9 Å². The molecule has 0 saturated heterocycles. The van der Waals surface area contributed by atoms with E-state index in [1.165, 1.54) is 0 Å². The Bertz CT molecular complexity index is 2560. The lowest BCUT2D eigenvalue weighted by molar-refractivity contribution is 0.381. The molecule has 3 aromatic heterocycles. The maximum atomic E-state index is 15.8. The average molecular weight is 720 g/mol. The Morgan fingerprint density at radius 2 is 0.741 bits per heavy atom. The first-order valence-electron chi connectivity index (χ1n) is 17.2. The van der Waals surface area contributed by atoms with E-state index >= 15 is 8.78 Å². The second kappa shape index (κ2) is 13.1. The van der Waals surface area contributed by atoms with Crippen LogP contribution in [0.3, 0.4) is 0 Å². The van der Waals surface area contributed by atoms with Crippen molar-refractivity contribution in [2.24, 2.45) is 0 Å². The van der Waals surface area contributed by atoms with E-state index in [1.807, 2.05) is 112 Å². The van der Waals surface area contributed by atoms with Gasteiger partial charge in [-0.3, -0.25) is 0 Å². The summed E-state index contributed by atoms with van der Waals surface area (Å²) in [7, 11) is 0. The summed E-state index contributed by atoms with van der Waals surface area (Å²) in [6.45, 7) is 3.94. The van der Waals surface area contributed by atoms with Gasteiger partial charge in [0.25, 0.3) is 0 Å². The lowest BCUT2D eigenvalue weighted by Crippen LogP contribution is -2.04. The van der Waals surface area contributed by atoms with Gasteiger partial charge < -0.3 is 9.97 Å². The van der Waals surface area contributed by atoms with Gasteiger partial charge in [-0.15, -0.1) is 0 Å². The molecule has 54 heavy (non-hydrogen) atoms. The number of aromatic amines is 2. The molecule has 2 N–H and O–H groups in total. The smallest absolute Gasteiger partial charge is 0.200 e. The number of hydrogen-bond donors (Lipinski definition) is 2. The quantitative estimate of drug-likeness (QED) is 0.108. The summed E-state index contributed by atoms with van der Waals surface area (Å²) in [5.41, 5.74) is 8.27. The van der Waals surface area contributed by atoms with E-state index in [9.17, 15) is 13.2 Å². The number of nitrogens with one attached hydrogen (secondary N) is 2. The van der Waals surface area contributed by atoms with Gasteiger partial charge in [0.05, 0.1) is 28.3 Å². The highest BCUT2D eigenvalue weighted by atomic mass is 19.2. The first kappa shape index (κ1) is 33.7. The minimum absolute atomic E-state index is 0.111. The Kier molecular flexibility index (Phi) is 8.18. The van der Waals surface area contributed by atoms with E-state index < -0.39 is 34.6 Å². The number of benzene rings is 3.